The predicted octanol–water partition coefficient (Wildman–Crippen LogP) is 1.54. The smallest absolute Gasteiger partial charge is 0.248 e. The lowest BCUT2D eigenvalue weighted by Gasteiger charge is -2.36. The number of nitrogens with zero attached hydrogens (tertiary/aromatic N) is 2. The number of nitrogens with one attached hydrogen (secondary N) is 3. The number of amides is 2. The molecule has 1 saturated heterocycles. The highest BCUT2D eigenvalue weighted by Gasteiger charge is 2.43. The molecule has 0 saturated carbocycles. The molecule has 0 radical (unpaired) electrons. The number of carbonyl (C=O) groups is 3. The molecule has 9 heteroatoms. The Morgan fingerprint density at radius 3 is 2.64 bits per heavy atom. The first-order valence-electron chi connectivity index (χ1n) is 11.4. The number of hydrogen-bond acceptors (Lipinski definition) is 6. The molecule has 1 aliphatic rings. The lowest BCUT2D eigenvalue weighted by Crippen LogP contribution is -2.54. The van der Waals surface area contributed by atoms with Gasteiger partial charge >= 0.3 is 0 Å². The number of carbonyl (C=O) groups excluding carboxylic acids is 3. The van der Waals surface area contributed by atoms with E-state index >= 15 is 0 Å². The minimum atomic E-state index is -1.10. The fraction of sp³-hybridized carbons (Fsp3) is 0.500. The maximum absolute atomic E-state index is 12.9. The molecule has 1 fully saturated rings. The standard InChI is InChI=1S/C24H34N6O3/c1-4-9-18(28-22(33)23(2,3)25)21(32)29-20-14-30(16-27-20)24(15-31,19-12-8-13-26-19)17-10-6-5-7-11-17/h5-7,10-11,14-16,18-19,26H,4,8-9,12-13,25H2,1-3H3,(H,28,33)(H,29,32)/t18-,19?,24?/m1/s1. The third-order valence-electron chi connectivity index (χ3n) is 6.05. The summed E-state index contributed by atoms with van der Waals surface area (Å²) in [5.41, 5.74) is 4.62. The normalized spacial score (nSPS) is 18.8. The molecule has 3 atom stereocenters. The number of benzene rings is 1. The Morgan fingerprint density at radius 2 is 2.06 bits per heavy atom. The van der Waals surface area contributed by atoms with Crippen LogP contribution in [0.25, 0.3) is 0 Å². The van der Waals surface area contributed by atoms with Crippen molar-refractivity contribution in [1.82, 2.24) is 20.2 Å². The number of imidazole rings is 1. The van der Waals surface area contributed by atoms with Gasteiger partial charge in [0.15, 0.2) is 12.1 Å². The van der Waals surface area contributed by atoms with E-state index in [0.717, 1.165) is 31.2 Å². The van der Waals surface area contributed by atoms with Crippen LogP contribution in [0.4, 0.5) is 5.82 Å². The van der Waals surface area contributed by atoms with Crippen LogP contribution >= 0.6 is 0 Å². The molecule has 1 aromatic heterocycles. The van der Waals surface area contributed by atoms with E-state index in [1.54, 1.807) is 30.9 Å². The van der Waals surface area contributed by atoms with Gasteiger partial charge in [-0.3, -0.25) is 9.59 Å². The van der Waals surface area contributed by atoms with E-state index in [1.807, 2.05) is 37.3 Å². The van der Waals surface area contributed by atoms with Gasteiger partial charge < -0.3 is 31.0 Å². The number of nitrogens with two attached hydrogens (primary N) is 1. The van der Waals surface area contributed by atoms with E-state index in [0.29, 0.717) is 18.7 Å². The minimum absolute atomic E-state index is 0.103. The largest absolute Gasteiger partial charge is 0.343 e. The van der Waals surface area contributed by atoms with Crippen molar-refractivity contribution in [3.8, 4) is 0 Å². The second kappa shape index (κ2) is 10.3. The molecule has 3 rings (SSSR count). The highest BCUT2D eigenvalue weighted by molar-refractivity contribution is 5.97. The summed E-state index contributed by atoms with van der Waals surface area (Å²) in [7, 11) is 0. The first-order chi connectivity index (χ1) is 15.7. The number of aromatic nitrogens is 2. The van der Waals surface area contributed by atoms with E-state index in [9.17, 15) is 14.4 Å². The molecule has 1 aliphatic heterocycles. The molecule has 2 heterocycles. The molecule has 2 aromatic rings. The van der Waals surface area contributed by atoms with Crippen LogP contribution in [0, 0.1) is 0 Å². The summed E-state index contributed by atoms with van der Waals surface area (Å²) in [4.78, 5) is 42.2. The van der Waals surface area contributed by atoms with E-state index in [1.165, 1.54) is 0 Å². The third-order valence-corrected chi connectivity index (χ3v) is 6.05. The molecular formula is C24H34N6O3. The highest BCUT2D eigenvalue weighted by Crippen LogP contribution is 2.33. The Balaban J connectivity index is 1.86. The number of hydrogen-bond donors (Lipinski definition) is 4. The van der Waals surface area contributed by atoms with Gasteiger partial charge in [-0.05, 0) is 45.2 Å². The Labute approximate surface area is 194 Å². The van der Waals surface area contributed by atoms with Gasteiger partial charge in [-0.15, -0.1) is 0 Å². The summed E-state index contributed by atoms with van der Waals surface area (Å²) in [6, 6.07) is 8.72. The molecule has 1 aromatic carbocycles. The van der Waals surface area contributed by atoms with Crippen molar-refractivity contribution in [3.63, 3.8) is 0 Å². The summed E-state index contributed by atoms with van der Waals surface area (Å²) in [5.74, 6) is -0.476. The Morgan fingerprint density at radius 1 is 1.33 bits per heavy atom. The van der Waals surface area contributed by atoms with Gasteiger partial charge in [0.05, 0.1) is 11.9 Å². The summed E-state index contributed by atoms with van der Waals surface area (Å²) in [5, 5.41) is 8.94. The topological polar surface area (TPSA) is 131 Å². The zero-order valence-electron chi connectivity index (χ0n) is 19.5. The first-order valence-corrected chi connectivity index (χ1v) is 11.4. The van der Waals surface area contributed by atoms with E-state index in [2.05, 4.69) is 20.9 Å². The van der Waals surface area contributed by atoms with Crippen molar-refractivity contribution in [1.29, 1.82) is 0 Å². The van der Waals surface area contributed by atoms with Crippen molar-refractivity contribution in [2.45, 2.75) is 69.6 Å². The van der Waals surface area contributed by atoms with Crippen molar-refractivity contribution >= 4 is 23.9 Å². The lowest BCUT2D eigenvalue weighted by molar-refractivity contribution is -0.129. The second-order valence-electron chi connectivity index (χ2n) is 9.15. The van der Waals surface area contributed by atoms with Crippen molar-refractivity contribution in [2.75, 3.05) is 11.9 Å². The fourth-order valence-electron chi connectivity index (χ4n) is 4.21. The van der Waals surface area contributed by atoms with Gasteiger partial charge in [-0.2, -0.15) is 0 Å². The van der Waals surface area contributed by atoms with Crippen LogP contribution in [0.1, 0.15) is 52.0 Å². The zero-order chi connectivity index (χ0) is 24.1. The second-order valence-corrected chi connectivity index (χ2v) is 9.15. The van der Waals surface area contributed by atoms with E-state index in [-0.39, 0.29) is 11.9 Å². The quantitative estimate of drug-likeness (QED) is 0.403. The van der Waals surface area contributed by atoms with Crippen molar-refractivity contribution in [3.05, 3.63) is 48.4 Å². The Hall–Kier alpha value is -3.04. The summed E-state index contributed by atoms with van der Waals surface area (Å²) in [6.07, 6.45) is 7.15. The molecule has 2 amide bonds. The highest BCUT2D eigenvalue weighted by atomic mass is 16.2. The zero-order valence-corrected chi connectivity index (χ0v) is 19.5. The van der Waals surface area contributed by atoms with Crippen LogP contribution in [-0.2, 0) is 19.9 Å². The van der Waals surface area contributed by atoms with E-state index < -0.39 is 23.0 Å². The molecule has 5 N–H and O–H groups in total. The van der Waals surface area contributed by atoms with Crippen molar-refractivity contribution in [2.24, 2.45) is 5.73 Å². The number of aldehydes is 1. The van der Waals surface area contributed by atoms with Gasteiger partial charge in [-0.25, -0.2) is 4.98 Å². The molecule has 2 unspecified atom stereocenters. The van der Waals surface area contributed by atoms with E-state index in [4.69, 9.17) is 5.73 Å². The monoisotopic (exact) mass is 454 g/mol. The van der Waals surface area contributed by atoms with Gasteiger partial charge in [0.25, 0.3) is 0 Å². The molecule has 0 spiro atoms. The van der Waals surface area contributed by atoms with Crippen LogP contribution in [0.5, 0.6) is 0 Å². The van der Waals surface area contributed by atoms with Gasteiger partial charge in [-0.1, -0.05) is 43.7 Å². The molecule has 33 heavy (non-hydrogen) atoms. The average molecular weight is 455 g/mol. The predicted molar refractivity (Wildman–Crippen MR) is 127 cm³/mol. The van der Waals surface area contributed by atoms with Crippen LogP contribution in [0.3, 0.4) is 0 Å². The summed E-state index contributed by atoms with van der Waals surface area (Å²) >= 11 is 0. The molecule has 178 valence electrons. The summed E-state index contributed by atoms with van der Waals surface area (Å²) < 4.78 is 1.75. The third kappa shape index (κ3) is 5.31. The Bertz CT molecular complexity index is 962. The maximum Gasteiger partial charge on any atom is 0.248 e. The Kier molecular flexibility index (Phi) is 7.65. The van der Waals surface area contributed by atoms with Crippen LogP contribution < -0.4 is 21.7 Å². The summed E-state index contributed by atoms with van der Waals surface area (Å²) in [6.45, 7) is 5.94. The van der Waals surface area contributed by atoms with Crippen LogP contribution in [-0.4, -0.2) is 51.8 Å². The van der Waals surface area contributed by atoms with Gasteiger partial charge in [0.2, 0.25) is 11.8 Å². The number of anilines is 1. The fourth-order valence-corrected chi connectivity index (χ4v) is 4.21. The van der Waals surface area contributed by atoms with Gasteiger partial charge in [0, 0.05) is 12.2 Å². The average Bonchev–Trinajstić information content (AvgIpc) is 3.48. The SMILES string of the molecule is CCC[C@@H](NC(=O)C(C)(C)N)C(=O)Nc1cn(C(C=O)(c2ccccc2)C2CCCN2)cn1. The number of rotatable bonds is 10. The minimum Gasteiger partial charge on any atom is -0.343 e. The van der Waals surface area contributed by atoms with Crippen LogP contribution in [0.2, 0.25) is 0 Å². The molecular weight excluding hydrogens is 420 g/mol. The lowest BCUT2D eigenvalue weighted by atomic mass is 9.82. The molecule has 9 nitrogen and oxygen atoms in total. The van der Waals surface area contributed by atoms with Crippen molar-refractivity contribution < 1.29 is 14.4 Å². The van der Waals surface area contributed by atoms with Crippen LogP contribution in [0.15, 0.2) is 42.9 Å². The van der Waals surface area contributed by atoms with Gasteiger partial charge in [0.1, 0.15) is 11.6 Å². The maximum atomic E-state index is 12.9. The molecule has 0 aliphatic carbocycles. The molecule has 0 bridgehead atoms. The first kappa shape index (κ1) is 24.6.